The van der Waals surface area contributed by atoms with E-state index in [-0.39, 0.29) is 0 Å². The summed E-state index contributed by atoms with van der Waals surface area (Å²) in [4.78, 5) is 0. The summed E-state index contributed by atoms with van der Waals surface area (Å²) in [7, 11) is 0. The van der Waals surface area contributed by atoms with Crippen molar-refractivity contribution in [3.63, 3.8) is 0 Å². The van der Waals surface area contributed by atoms with Gasteiger partial charge in [-0.3, -0.25) is 0 Å². The van der Waals surface area contributed by atoms with E-state index >= 15 is 0 Å². The second-order valence-corrected chi connectivity index (χ2v) is 4.70. The Morgan fingerprint density at radius 1 is 1.62 bits per heavy atom. The Balaban J connectivity index is 2.52. The molecule has 1 aliphatic carbocycles. The highest BCUT2D eigenvalue weighted by Gasteiger charge is 2.28. The Labute approximate surface area is 81.9 Å². The van der Waals surface area contributed by atoms with Crippen molar-refractivity contribution in [2.24, 2.45) is 11.8 Å². The Morgan fingerprint density at radius 3 is 2.77 bits per heavy atom. The fraction of sp³-hybridized carbons (Fsp3) is 0.833. The van der Waals surface area contributed by atoms with Crippen LogP contribution in [0.1, 0.15) is 46.5 Å². The lowest BCUT2D eigenvalue weighted by Crippen LogP contribution is -2.31. The summed E-state index contributed by atoms with van der Waals surface area (Å²) in [6, 6.07) is 0. The molecule has 3 unspecified atom stereocenters. The van der Waals surface area contributed by atoms with E-state index in [1.54, 1.807) is 0 Å². The van der Waals surface area contributed by atoms with Gasteiger partial charge in [0.1, 0.15) is 0 Å². The van der Waals surface area contributed by atoms with E-state index < -0.39 is 5.60 Å². The third kappa shape index (κ3) is 3.15. The molecule has 0 heterocycles. The quantitative estimate of drug-likeness (QED) is 0.665. The summed E-state index contributed by atoms with van der Waals surface area (Å²) in [6.07, 6.45) is 8.33. The molecule has 0 aliphatic heterocycles. The van der Waals surface area contributed by atoms with Crippen molar-refractivity contribution < 1.29 is 5.11 Å². The van der Waals surface area contributed by atoms with Crippen molar-refractivity contribution in [3.05, 3.63) is 12.2 Å². The largest absolute Gasteiger partial charge is 0.386 e. The zero-order chi connectivity index (χ0) is 9.90. The number of hydrogen-bond donors (Lipinski definition) is 1. The smallest absolute Gasteiger partial charge is 0.0830 e. The maximum Gasteiger partial charge on any atom is 0.0830 e. The zero-order valence-electron chi connectivity index (χ0n) is 9.09. The van der Waals surface area contributed by atoms with Crippen molar-refractivity contribution in [1.29, 1.82) is 0 Å². The highest BCUT2D eigenvalue weighted by Crippen LogP contribution is 2.31. The molecule has 0 aromatic carbocycles. The molecule has 0 spiro atoms. The summed E-state index contributed by atoms with van der Waals surface area (Å²) in [6.45, 7) is 6.60. The highest BCUT2D eigenvalue weighted by molar-refractivity contribution is 5.07. The van der Waals surface area contributed by atoms with Crippen molar-refractivity contribution in [3.8, 4) is 0 Å². The third-order valence-electron chi connectivity index (χ3n) is 3.17. The van der Waals surface area contributed by atoms with Gasteiger partial charge in [0, 0.05) is 0 Å². The van der Waals surface area contributed by atoms with Gasteiger partial charge in [-0.1, -0.05) is 39.3 Å². The normalized spacial score (nSPS) is 36.2. The Kier molecular flexibility index (Phi) is 3.55. The third-order valence-corrected chi connectivity index (χ3v) is 3.17. The zero-order valence-corrected chi connectivity index (χ0v) is 9.09. The molecule has 0 fully saturated rings. The number of aliphatic hydroxyl groups is 1. The highest BCUT2D eigenvalue weighted by atomic mass is 16.3. The molecular weight excluding hydrogens is 160 g/mol. The first-order valence-corrected chi connectivity index (χ1v) is 5.47. The molecule has 0 saturated heterocycles. The average molecular weight is 182 g/mol. The predicted molar refractivity (Wildman–Crippen MR) is 56.6 cm³/mol. The fourth-order valence-corrected chi connectivity index (χ4v) is 1.92. The van der Waals surface area contributed by atoms with Crippen LogP contribution in [0.5, 0.6) is 0 Å². The standard InChI is InChI=1S/C12H22O/c1-4-10(2)9-12(13)7-5-11(3)6-8-12/h5,7,10-11,13H,4,6,8-9H2,1-3H3. The summed E-state index contributed by atoms with van der Waals surface area (Å²) < 4.78 is 0. The molecule has 0 saturated carbocycles. The molecule has 1 aliphatic rings. The summed E-state index contributed by atoms with van der Waals surface area (Å²) in [5.74, 6) is 1.28. The van der Waals surface area contributed by atoms with E-state index in [2.05, 4.69) is 26.8 Å². The molecule has 1 nitrogen and oxygen atoms in total. The van der Waals surface area contributed by atoms with Crippen LogP contribution in [-0.4, -0.2) is 10.7 Å². The van der Waals surface area contributed by atoms with E-state index in [1.165, 1.54) is 0 Å². The second-order valence-electron chi connectivity index (χ2n) is 4.70. The van der Waals surface area contributed by atoms with Crippen LogP contribution in [-0.2, 0) is 0 Å². The first kappa shape index (κ1) is 10.8. The molecule has 0 aromatic rings. The average Bonchev–Trinajstić information content (AvgIpc) is 2.10. The minimum absolute atomic E-state index is 0.498. The lowest BCUT2D eigenvalue weighted by atomic mass is 9.80. The fourth-order valence-electron chi connectivity index (χ4n) is 1.92. The lowest BCUT2D eigenvalue weighted by molar-refractivity contribution is 0.0457. The van der Waals surface area contributed by atoms with Crippen LogP contribution in [0.3, 0.4) is 0 Å². The Bertz CT molecular complexity index is 186. The first-order chi connectivity index (χ1) is 6.06. The second kappa shape index (κ2) is 4.28. The molecule has 0 bridgehead atoms. The number of rotatable bonds is 3. The summed E-state index contributed by atoms with van der Waals surface area (Å²) in [5.41, 5.74) is -0.498. The van der Waals surface area contributed by atoms with Gasteiger partial charge in [-0.15, -0.1) is 0 Å². The molecule has 3 atom stereocenters. The van der Waals surface area contributed by atoms with Gasteiger partial charge in [0.2, 0.25) is 0 Å². The predicted octanol–water partition coefficient (Wildman–Crippen LogP) is 3.14. The van der Waals surface area contributed by atoms with E-state index in [0.717, 1.165) is 25.7 Å². The van der Waals surface area contributed by atoms with Crippen LogP contribution in [0.15, 0.2) is 12.2 Å². The van der Waals surface area contributed by atoms with Crippen LogP contribution in [0, 0.1) is 11.8 Å². The van der Waals surface area contributed by atoms with Gasteiger partial charge >= 0.3 is 0 Å². The summed E-state index contributed by atoms with van der Waals surface area (Å²) in [5, 5.41) is 10.2. The van der Waals surface area contributed by atoms with Gasteiger partial charge < -0.3 is 5.11 Å². The van der Waals surface area contributed by atoms with Gasteiger partial charge in [-0.25, -0.2) is 0 Å². The van der Waals surface area contributed by atoms with E-state index in [9.17, 15) is 5.11 Å². The van der Waals surface area contributed by atoms with E-state index in [1.807, 2.05) is 6.08 Å². The van der Waals surface area contributed by atoms with Crippen LogP contribution >= 0.6 is 0 Å². The van der Waals surface area contributed by atoms with Gasteiger partial charge in [-0.05, 0) is 31.1 Å². The van der Waals surface area contributed by atoms with Gasteiger partial charge in [0.05, 0.1) is 5.60 Å². The number of allylic oxidation sites excluding steroid dienone is 1. The lowest BCUT2D eigenvalue weighted by Gasteiger charge is -2.31. The van der Waals surface area contributed by atoms with Gasteiger partial charge in [0.25, 0.3) is 0 Å². The maximum atomic E-state index is 10.2. The van der Waals surface area contributed by atoms with E-state index in [4.69, 9.17) is 0 Å². The Morgan fingerprint density at radius 2 is 2.31 bits per heavy atom. The molecule has 1 heteroatoms. The van der Waals surface area contributed by atoms with E-state index in [0.29, 0.717) is 11.8 Å². The van der Waals surface area contributed by atoms with Crippen molar-refractivity contribution >= 4 is 0 Å². The molecule has 13 heavy (non-hydrogen) atoms. The molecule has 76 valence electrons. The molecule has 0 amide bonds. The molecule has 0 radical (unpaired) electrons. The monoisotopic (exact) mass is 182 g/mol. The van der Waals surface area contributed by atoms with Crippen LogP contribution in [0.4, 0.5) is 0 Å². The van der Waals surface area contributed by atoms with Crippen molar-refractivity contribution in [1.82, 2.24) is 0 Å². The first-order valence-electron chi connectivity index (χ1n) is 5.47. The summed E-state index contributed by atoms with van der Waals surface area (Å²) >= 11 is 0. The minimum Gasteiger partial charge on any atom is -0.386 e. The minimum atomic E-state index is -0.498. The van der Waals surface area contributed by atoms with Crippen molar-refractivity contribution in [2.75, 3.05) is 0 Å². The Hall–Kier alpha value is -0.300. The molecule has 1 rings (SSSR count). The molecular formula is C12H22O. The van der Waals surface area contributed by atoms with Gasteiger partial charge in [0.15, 0.2) is 0 Å². The maximum absolute atomic E-state index is 10.2. The van der Waals surface area contributed by atoms with Gasteiger partial charge in [-0.2, -0.15) is 0 Å². The number of hydrogen-bond acceptors (Lipinski definition) is 1. The van der Waals surface area contributed by atoms with Crippen LogP contribution in [0.25, 0.3) is 0 Å². The van der Waals surface area contributed by atoms with Crippen LogP contribution in [0.2, 0.25) is 0 Å². The topological polar surface area (TPSA) is 20.2 Å². The molecule has 0 aromatic heterocycles. The SMILES string of the molecule is CCC(C)CC1(O)C=CC(C)CC1. The molecule has 1 N–H and O–H groups in total. The van der Waals surface area contributed by atoms with Crippen LogP contribution < -0.4 is 0 Å². The van der Waals surface area contributed by atoms with Crippen molar-refractivity contribution in [2.45, 2.75) is 52.1 Å².